The Bertz CT molecular complexity index is 1180. The van der Waals surface area contributed by atoms with Gasteiger partial charge >= 0.3 is 0 Å². The second kappa shape index (κ2) is 6.92. The van der Waals surface area contributed by atoms with Crippen LogP contribution >= 0.6 is 0 Å². The summed E-state index contributed by atoms with van der Waals surface area (Å²) in [6, 6.07) is 13.0. The first-order valence-electron chi connectivity index (χ1n) is 8.40. The maximum absolute atomic E-state index is 12.4. The predicted molar refractivity (Wildman–Crippen MR) is 102 cm³/mol. The molecule has 0 unspecified atom stereocenters. The van der Waals surface area contributed by atoms with Crippen molar-refractivity contribution in [3.05, 3.63) is 54.4 Å². The summed E-state index contributed by atoms with van der Waals surface area (Å²) in [5, 5.41) is 14.4. The van der Waals surface area contributed by atoms with Crippen LogP contribution in [0, 0.1) is 11.3 Å². The molecule has 0 saturated carbocycles. The van der Waals surface area contributed by atoms with Crippen LogP contribution in [0.25, 0.3) is 21.9 Å². The normalized spacial score (nSPS) is 10.9. The predicted octanol–water partition coefficient (Wildman–Crippen LogP) is 4.09. The lowest BCUT2D eigenvalue weighted by Gasteiger charge is -2.10. The van der Waals surface area contributed by atoms with E-state index in [1.807, 2.05) is 42.1 Å². The van der Waals surface area contributed by atoms with Gasteiger partial charge < -0.3 is 14.6 Å². The monoisotopic (exact) mass is 361 g/mol. The molecule has 27 heavy (non-hydrogen) atoms. The molecule has 0 saturated heterocycles. The van der Waals surface area contributed by atoms with E-state index in [9.17, 15) is 4.39 Å². The van der Waals surface area contributed by atoms with Crippen LogP contribution in [0.1, 0.15) is 5.56 Å². The number of nitrogens with zero attached hydrogens (tertiary/aromatic N) is 4. The standard InChI is InChI=1S/C20H16FN5O/c1-26-17-6-8-23-12-16(17)15-4-5-19(25-20(15)26)24-14-3-2-13(11-22)18(10-14)27-9-7-21/h2-6,8,10,12H,7,9H2,1H3,(H,24,25). The van der Waals surface area contributed by atoms with E-state index in [1.54, 1.807) is 24.4 Å². The van der Waals surface area contributed by atoms with Crippen LogP contribution in [0.15, 0.2) is 48.8 Å². The van der Waals surface area contributed by atoms with Gasteiger partial charge in [0.1, 0.15) is 36.6 Å². The number of pyridine rings is 2. The fourth-order valence-electron chi connectivity index (χ4n) is 3.09. The molecule has 0 amide bonds. The Balaban J connectivity index is 1.70. The Morgan fingerprint density at radius 1 is 1.22 bits per heavy atom. The fraction of sp³-hybridized carbons (Fsp3) is 0.150. The van der Waals surface area contributed by atoms with Crippen LogP contribution < -0.4 is 10.1 Å². The Morgan fingerprint density at radius 3 is 2.93 bits per heavy atom. The number of anilines is 2. The van der Waals surface area contributed by atoms with Gasteiger partial charge in [-0.05, 0) is 30.3 Å². The van der Waals surface area contributed by atoms with E-state index in [0.29, 0.717) is 22.8 Å². The number of aryl methyl sites for hydroxylation is 1. The number of hydrogen-bond donors (Lipinski definition) is 1. The third-order valence-corrected chi connectivity index (χ3v) is 4.35. The number of rotatable bonds is 5. The number of benzene rings is 1. The van der Waals surface area contributed by atoms with Gasteiger partial charge in [0, 0.05) is 42.0 Å². The van der Waals surface area contributed by atoms with Gasteiger partial charge in [-0.2, -0.15) is 5.26 Å². The van der Waals surface area contributed by atoms with Crippen molar-refractivity contribution in [3.63, 3.8) is 0 Å². The molecular formula is C20H16FN5O. The molecular weight excluding hydrogens is 345 g/mol. The molecule has 134 valence electrons. The highest BCUT2D eigenvalue weighted by Gasteiger charge is 2.11. The zero-order chi connectivity index (χ0) is 18.8. The first-order valence-corrected chi connectivity index (χ1v) is 8.40. The summed E-state index contributed by atoms with van der Waals surface area (Å²) in [6.45, 7) is -0.705. The number of aromatic nitrogens is 3. The summed E-state index contributed by atoms with van der Waals surface area (Å²) in [5.74, 6) is 0.999. The van der Waals surface area contributed by atoms with E-state index in [0.717, 1.165) is 21.9 Å². The maximum atomic E-state index is 12.4. The van der Waals surface area contributed by atoms with Gasteiger partial charge in [0.05, 0.1) is 11.1 Å². The van der Waals surface area contributed by atoms with Crippen molar-refractivity contribution in [1.82, 2.24) is 14.5 Å². The zero-order valence-electron chi connectivity index (χ0n) is 14.6. The molecule has 0 spiro atoms. The van der Waals surface area contributed by atoms with Crippen molar-refractivity contribution in [3.8, 4) is 11.8 Å². The molecule has 4 rings (SSSR count). The minimum Gasteiger partial charge on any atom is -0.489 e. The van der Waals surface area contributed by atoms with E-state index in [4.69, 9.17) is 15.0 Å². The van der Waals surface area contributed by atoms with Crippen LogP contribution in [0.2, 0.25) is 0 Å². The second-order valence-electron chi connectivity index (χ2n) is 6.00. The van der Waals surface area contributed by atoms with Gasteiger partial charge in [-0.15, -0.1) is 0 Å². The molecule has 1 N–H and O–H groups in total. The van der Waals surface area contributed by atoms with Crippen LogP contribution in [-0.4, -0.2) is 27.8 Å². The molecule has 0 aliphatic heterocycles. The number of nitrogens with one attached hydrogen (secondary N) is 1. The lowest BCUT2D eigenvalue weighted by molar-refractivity contribution is 0.273. The van der Waals surface area contributed by atoms with Gasteiger partial charge in [-0.3, -0.25) is 4.98 Å². The molecule has 3 heterocycles. The molecule has 4 aromatic rings. The molecule has 1 aromatic carbocycles. The number of nitriles is 1. The first kappa shape index (κ1) is 16.8. The highest BCUT2D eigenvalue weighted by Crippen LogP contribution is 2.29. The van der Waals surface area contributed by atoms with Gasteiger partial charge in [0.15, 0.2) is 0 Å². The summed E-state index contributed by atoms with van der Waals surface area (Å²) in [4.78, 5) is 8.89. The summed E-state index contributed by atoms with van der Waals surface area (Å²) in [6.07, 6.45) is 3.59. The Morgan fingerprint density at radius 2 is 2.11 bits per heavy atom. The largest absolute Gasteiger partial charge is 0.489 e. The second-order valence-corrected chi connectivity index (χ2v) is 6.00. The van der Waals surface area contributed by atoms with Crippen molar-refractivity contribution in [2.45, 2.75) is 0 Å². The smallest absolute Gasteiger partial charge is 0.143 e. The molecule has 3 aromatic heterocycles. The number of halogens is 1. The average molecular weight is 361 g/mol. The number of hydrogen-bond acceptors (Lipinski definition) is 5. The molecule has 6 nitrogen and oxygen atoms in total. The van der Waals surface area contributed by atoms with Gasteiger partial charge in [-0.25, -0.2) is 9.37 Å². The topological polar surface area (TPSA) is 75.8 Å². The van der Waals surface area contributed by atoms with Crippen LogP contribution in [-0.2, 0) is 7.05 Å². The Hall–Kier alpha value is -3.66. The van der Waals surface area contributed by atoms with Gasteiger partial charge in [0.25, 0.3) is 0 Å². The quantitative estimate of drug-likeness (QED) is 0.579. The van der Waals surface area contributed by atoms with E-state index >= 15 is 0 Å². The Kier molecular flexibility index (Phi) is 4.30. The van der Waals surface area contributed by atoms with E-state index in [2.05, 4.69) is 10.3 Å². The summed E-state index contributed by atoms with van der Waals surface area (Å²) < 4.78 is 19.7. The number of alkyl halides is 1. The first-order chi connectivity index (χ1) is 13.2. The van der Waals surface area contributed by atoms with Crippen LogP contribution in [0.4, 0.5) is 15.9 Å². The van der Waals surface area contributed by atoms with Gasteiger partial charge in [0.2, 0.25) is 0 Å². The highest BCUT2D eigenvalue weighted by atomic mass is 19.1. The van der Waals surface area contributed by atoms with E-state index in [1.165, 1.54) is 0 Å². The van der Waals surface area contributed by atoms with Crippen LogP contribution in [0.5, 0.6) is 5.75 Å². The zero-order valence-corrected chi connectivity index (χ0v) is 14.6. The highest BCUT2D eigenvalue weighted by molar-refractivity contribution is 6.06. The summed E-state index contributed by atoms with van der Waals surface area (Å²) in [7, 11) is 1.96. The fourth-order valence-corrected chi connectivity index (χ4v) is 3.09. The lowest BCUT2D eigenvalue weighted by atomic mass is 10.2. The number of fused-ring (bicyclic) bond motifs is 3. The van der Waals surface area contributed by atoms with Crippen molar-refractivity contribution < 1.29 is 9.13 Å². The lowest BCUT2D eigenvalue weighted by Crippen LogP contribution is -2.02. The molecule has 0 bridgehead atoms. The third kappa shape index (κ3) is 3.02. The maximum Gasteiger partial charge on any atom is 0.143 e. The van der Waals surface area contributed by atoms with Crippen molar-refractivity contribution in [2.24, 2.45) is 7.05 Å². The molecule has 0 atom stereocenters. The van der Waals surface area contributed by atoms with E-state index < -0.39 is 6.67 Å². The molecule has 0 radical (unpaired) electrons. The number of ether oxygens (including phenoxy) is 1. The molecule has 0 aliphatic rings. The minimum absolute atomic E-state index is 0.0910. The summed E-state index contributed by atoms with van der Waals surface area (Å²) in [5.41, 5.74) is 2.96. The van der Waals surface area contributed by atoms with Crippen molar-refractivity contribution >= 4 is 33.4 Å². The molecule has 7 heteroatoms. The van der Waals surface area contributed by atoms with E-state index in [-0.39, 0.29) is 6.61 Å². The SMILES string of the molecule is Cn1c2ccncc2c2ccc(Nc3ccc(C#N)c(OCCF)c3)nc21. The third-order valence-electron chi connectivity index (χ3n) is 4.35. The van der Waals surface area contributed by atoms with Crippen molar-refractivity contribution in [2.75, 3.05) is 18.6 Å². The van der Waals surface area contributed by atoms with Gasteiger partial charge in [-0.1, -0.05) is 0 Å². The Labute approximate surface area is 154 Å². The molecule has 0 fully saturated rings. The van der Waals surface area contributed by atoms with Crippen LogP contribution in [0.3, 0.4) is 0 Å². The van der Waals surface area contributed by atoms with Crippen molar-refractivity contribution in [1.29, 1.82) is 5.26 Å². The summed E-state index contributed by atoms with van der Waals surface area (Å²) >= 11 is 0. The average Bonchev–Trinajstić information content (AvgIpc) is 2.99. The minimum atomic E-state index is -0.614. The molecule has 0 aliphatic carbocycles.